The number of hydrogen-bond acceptors (Lipinski definition) is 3. The molecule has 0 fully saturated rings. The smallest absolute Gasteiger partial charge is 0.239 e. The number of benzene rings is 4. The van der Waals surface area contributed by atoms with Gasteiger partial charge >= 0.3 is 0 Å². The summed E-state index contributed by atoms with van der Waals surface area (Å²) in [5.41, 5.74) is 5.77. The average Bonchev–Trinajstić information content (AvgIpc) is 3.41. The van der Waals surface area contributed by atoms with Crippen molar-refractivity contribution in [1.82, 2.24) is 0 Å². The summed E-state index contributed by atoms with van der Waals surface area (Å²) >= 11 is 0. The minimum atomic E-state index is -0.703. The number of amides is 1. The van der Waals surface area contributed by atoms with Crippen LogP contribution < -0.4 is 9.64 Å². The number of phenolic OH excluding ortho intramolecular Hbond substituents is 1. The van der Waals surface area contributed by atoms with Crippen LogP contribution in [0.1, 0.15) is 28.2 Å². The van der Waals surface area contributed by atoms with Crippen LogP contribution in [-0.4, -0.2) is 17.6 Å². The van der Waals surface area contributed by atoms with Gasteiger partial charge in [-0.15, -0.1) is 0 Å². The Kier molecular flexibility index (Phi) is 4.84. The first-order valence-electron chi connectivity index (χ1n) is 11.3. The van der Waals surface area contributed by atoms with Gasteiger partial charge in [-0.3, -0.25) is 4.79 Å². The van der Waals surface area contributed by atoms with Crippen molar-refractivity contribution in [2.24, 2.45) is 0 Å². The number of carbonyl (C=O) groups is 1. The molecule has 2 aliphatic rings. The summed E-state index contributed by atoms with van der Waals surface area (Å²) in [5, 5.41) is 10.8. The maximum absolute atomic E-state index is 14.3. The van der Waals surface area contributed by atoms with E-state index in [4.69, 9.17) is 4.74 Å². The van der Waals surface area contributed by atoms with Crippen molar-refractivity contribution in [1.29, 1.82) is 0 Å². The van der Waals surface area contributed by atoms with Crippen LogP contribution in [0.5, 0.6) is 11.5 Å². The standard InChI is InChI=1S/C29H22FNO3/c30-21-10-11-23-25(15-21)31(17-20-8-4-5-9-22(20)18-6-2-1-3-7-18)29(33)28(23)24-14-19-12-13-34-27(19)16-26(24)32/h1-11,14-16,28,32H,12-13,17H2. The van der Waals surface area contributed by atoms with Gasteiger partial charge in [-0.2, -0.15) is 0 Å². The van der Waals surface area contributed by atoms with E-state index in [-0.39, 0.29) is 11.7 Å². The molecule has 0 aromatic heterocycles. The number of halogens is 1. The Balaban J connectivity index is 1.44. The van der Waals surface area contributed by atoms with Crippen LogP contribution in [0, 0.1) is 5.82 Å². The number of ether oxygens (including phenoxy) is 1. The van der Waals surface area contributed by atoms with E-state index < -0.39 is 11.7 Å². The molecule has 5 heteroatoms. The molecule has 4 aromatic carbocycles. The van der Waals surface area contributed by atoms with Crippen molar-refractivity contribution < 1.29 is 19.0 Å². The van der Waals surface area contributed by atoms with E-state index in [0.29, 0.717) is 35.7 Å². The maximum Gasteiger partial charge on any atom is 0.239 e. The van der Waals surface area contributed by atoms with Crippen LogP contribution in [-0.2, 0) is 17.8 Å². The Hall–Kier alpha value is -4.12. The topological polar surface area (TPSA) is 49.8 Å². The summed E-state index contributed by atoms with van der Waals surface area (Å²) in [7, 11) is 0. The second kappa shape index (κ2) is 8.03. The van der Waals surface area contributed by atoms with E-state index in [1.807, 2.05) is 60.7 Å². The minimum absolute atomic E-state index is 0.0146. The fourth-order valence-corrected chi connectivity index (χ4v) is 5.06. The molecule has 1 N–H and O–H groups in total. The van der Waals surface area contributed by atoms with E-state index in [2.05, 4.69) is 0 Å². The summed E-state index contributed by atoms with van der Waals surface area (Å²) in [6.07, 6.45) is 0.730. The Morgan fingerprint density at radius 3 is 2.59 bits per heavy atom. The van der Waals surface area contributed by atoms with E-state index in [1.54, 1.807) is 17.0 Å². The average molecular weight is 451 g/mol. The molecule has 1 unspecified atom stereocenters. The van der Waals surface area contributed by atoms with Crippen LogP contribution in [0.25, 0.3) is 11.1 Å². The third kappa shape index (κ3) is 3.32. The highest BCUT2D eigenvalue weighted by molar-refractivity contribution is 6.07. The van der Waals surface area contributed by atoms with Crippen molar-refractivity contribution in [2.75, 3.05) is 11.5 Å². The summed E-state index contributed by atoms with van der Waals surface area (Å²) in [6, 6.07) is 25.8. The van der Waals surface area contributed by atoms with Gasteiger partial charge in [-0.1, -0.05) is 60.7 Å². The third-order valence-electron chi connectivity index (χ3n) is 6.69. The largest absolute Gasteiger partial charge is 0.507 e. The zero-order valence-electron chi connectivity index (χ0n) is 18.4. The monoisotopic (exact) mass is 451 g/mol. The second-order valence-corrected chi connectivity index (χ2v) is 8.70. The van der Waals surface area contributed by atoms with E-state index in [9.17, 15) is 14.3 Å². The predicted octanol–water partition coefficient (Wildman–Crippen LogP) is 5.81. The fraction of sp³-hybridized carbons (Fsp3) is 0.138. The number of anilines is 1. The van der Waals surface area contributed by atoms with Crippen molar-refractivity contribution >= 4 is 11.6 Å². The number of hydrogen-bond donors (Lipinski definition) is 1. The van der Waals surface area contributed by atoms with Crippen LogP contribution >= 0.6 is 0 Å². The number of fused-ring (bicyclic) bond motifs is 2. The number of phenols is 1. The highest BCUT2D eigenvalue weighted by Gasteiger charge is 2.40. The molecule has 4 nitrogen and oxygen atoms in total. The molecule has 0 aliphatic carbocycles. The van der Waals surface area contributed by atoms with Gasteiger partial charge in [0.15, 0.2) is 0 Å². The van der Waals surface area contributed by atoms with Gasteiger partial charge in [0.25, 0.3) is 0 Å². The summed E-state index contributed by atoms with van der Waals surface area (Å²) in [4.78, 5) is 15.5. The van der Waals surface area contributed by atoms with Gasteiger partial charge in [0.1, 0.15) is 17.3 Å². The number of aromatic hydroxyl groups is 1. The first kappa shape index (κ1) is 20.5. The zero-order valence-corrected chi connectivity index (χ0v) is 18.4. The molecule has 34 heavy (non-hydrogen) atoms. The highest BCUT2D eigenvalue weighted by atomic mass is 19.1. The van der Waals surface area contributed by atoms with E-state index >= 15 is 0 Å². The number of rotatable bonds is 4. The van der Waals surface area contributed by atoms with Gasteiger partial charge in [-0.25, -0.2) is 4.39 Å². The van der Waals surface area contributed by atoms with Gasteiger partial charge in [0.05, 0.1) is 24.8 Å². The van der Waals surface area contributed by atoms with E-state index in [0.717, 1.165) is 28.7 Å². The van der Waals surface area contributed by atoms with Crippen molar-refractivity contribution in [3.8, 4) is 22.6 Å². The number of nitrogens with zero attached hydrogens (tertiary/aromatic N) is 1. The van der Waals surface area contributed by atoms with Gasteiger partial charge < -0.3 is 14.7 Å². The van der Waals surface area contributed by atoms with Crippen LogP contribution in [0.3, 0.4) is 0 Å². The third-order valence-corrected chi connectivity index (χ3v) is 6.69. The zero-order chi connectivity index (χ0) is 23.2. The van der Waals surface area contributed by atoms with Crippen molar-refractivity contribution in [2.45, 2.75) is 18.9 Å². The molecule has 0 saturated carbocycles. The molecule has 0 spiro atoms. The van der Waals surface area contributed by atoms with Gasteiger partial charge in [0.2, 0.25) is 5.91 Å². The molecule has 1 amide bonds. The molecule has 2 aliphatic heterocycles. The summed E-state index contributed by atoms with van der Waals surface area (Å²) in [5.74, 6) is -0.622. The van der Waals surface area contributed by atoms with Gasteiger partial charge in [-0.05, 0) is 46.0 Å². The normalized spacial score (nSPS) is 16.3. The van der Waals surface area contributed by atoms with Crippen LogP contribution in [0.4, 0.5) is 10.1 Å². The van der Waals surface area contributed by atoms with Crippen LogP contribution in [0.2, 0.25) is 0 Å². The van der Waals surface area contributed by atoms with E-state index in [1.165, 1.54) is 12.1 Å². The quantitative estimate of drug-likeness (QED) is 0.426. The first-order valence-corrected chi connectivity index (χ1v) is 11.3. The predicted molar refractivity (Wildman–Crippen MR) is 129 cm³/mol. The lowest BCUT2D eigenvalue weighted by molar-refractivity contribution is -0.118. The lowest BCUT2D eigenvalue weighted by Gasteiger charge is -2.21. The summed E-state index contributed by atoms with van der Waals surface area (Å²) < 4.78 is 19.9. The van der Waals surface area contributed by atoms with Crippen molar-refractivity contribution in [3.63, 3.8) is 0 Å². The van der Waals surface area contributed by atoms with Crippen molar-refractivity contribution in [3.05, 3.63) is 113 Å². The Labute approximate surface area is 196 Å². The Bertz CT molecular complexity index is 1420. The number of carbonyl (C=O) groups excluding carboxylic acids is 1. The minimum Gasteiger partial charge on any atom is -0.507 e. The molecule has 2 heterocycles. The second-order valence-electron chi connectivity index (χ2n) is 8.70. The molecule has 0 bridgehead atoms. The molecule has 4 aromatic rings. The Morgan fingerprint density at radius 2 is 1.74 bits per heavy atom. The molecule has 1 atom stereocenters. The molecule has 0 saturated heterocycles. The summed E-state index contributed by atoms with van der Waals surface area (Å²) in [6.45, 7) is 0.854. The molecule has 0 radical (unpaired) electrons. The highest BCUT2D eigenvalue weighted by Crippen LogP contribution is 2.47. The molecule has 6 rings (SSSR count). The SMILES string of the molecule is O=C1C(c2cc3c(cc2O)OCC3)c2ccc(F)cc2N1Cc1ccccc1-c1ccccc1. The first-order chi connectivity index (χ1) is 16.6. The fourth-order valence-electron chi connectivity index (χ4n) is 5.06. The van der Waals surface area contributed by atoms with Crippen LogP contribution in [0.15, 0.2) is 84.9 Å². The Morgan fingerprint density at radius 1 is 0.941 bits per heavy atom. The molecular weight excluding hydrogens is 429 g/mol. The lowest BCUT2D eigenvalue weighted by atomic mass is 9.90. The molecular formula is C29H22FNO3. The lowest BCUT2D eigenvalue weighted by Crippen LogP contribution is -2.29. The van der Waals surface area contributed by atoms with Gasteiger partial charge in [0, 0.05) is 18.1 Å². The maximum atomic E-state index is 14.3. The molecule has 168 valence electrons.